The highest BCUT2D eigenvalue weighted by atomic mass is 35.5. The van der Waals surface area contributed by atoms with Crippen molar-refractivity contribution in [1.29, 1.82) is 0 Å². The lowest BCUT2D eigenvalue weighted by Gasteiger charge is -2.22. The number of likely N-dealkylation sites (tertiary alicyclic amines) is 1. The van der Waals surface area contributed by atoms with Gasteiger partial charge < -0.3 is 19.7 Å². The summed E-state index contributed by atoms with van der Waals surface area (Å²) in [7, 11) is 1.33. The lowest BCUT2D eigenvalue weighted by molar-refractivity contribution is 0.0443. The minimum atomic E-state index is -0.599. The Kier molecular flexibility index (Phi) is 8.51. The molecule has 2 atom stereocenters. The predicted octanol–water partition coefficient (Wildman–Crippen LogP) is 4.79. The number of hydrogen-bond acceptors (Lipinski definition) is 6. The van der Waals surface area contributed by atoms with Crippen LogP contribution in [0.1, 0.15) is 25.2 Å². The third-order valence-corrected chi connectivity index (χ3v) is 5.87. The van der Waals surface area contributed by atoms with Gasteiger partial charge in [-0.15, -0.1) is 0 Å². The Morgan fingerprint density at radius 3 is 2.59 bits per heavy atom. The van der Waals surface area contributed by atoms with E-state index < -0.39 is 18.9 Å². The number of rotatable bonds is 8. The first-order chi connectivity index (χ1) is 15.4. The molecule has 1 aromatic carbocycles. The first-order valence-corrected chi connectivity index (χ1v) is 11.3. The third kappa shape index (κ3) is 5.42. The molecule has 3 rings (SSSR count). The molecule has 0 saturated carbocycles. The summed E-state index contributed by atoms with van der Waals surface area (Å²) in [5.74, 6) is 0.615. The molecule has 1 aromatic heterocycles. The second-order valence-electron chi connectivity index (χ2n) is 7.37. The van der Waals surface area contributed by atoms with Gasteiger partial charge in [-0.1, -0.05) is 37.0 Å². The second-order valence-corrected chi connectivity index (χ2v) is 8.21. The number of aryl methyl sites for hydroxylation is 2. The Labute approximate surface area is 197 Å². The highest BCUT2D eigenvalue weighted by molar-refractivity contribution is 6.36. The van der Waals surface area contributed by atoms with Gasteiger partial charge in [-0.3, -0.25) is 0 Å². The van der Waals surface area contributed by atoms with Crippen LogP contribution in [0.15, 0.2) is 18.2 Å². The van der Waals surface area contributed by atoms with E-state index in [0.29, 0.717) is 47.5 Å². The molecule has 1 aliphatic heterocycles. The van der Waals surface area contributed by atoms with Gasteiger partial charge in [0.1, 0.15) is 12.5 Å². The zero-order valence-electron chi connectivity index (χ0n) is 18.3. The number of halogens is 3. The van der Waals surface area contributed by atoms with Gasteiger partial charge in [0.25, 0.3) is 0 Å². The summed E-state index contributed by atoms with van der Waals surface area (Å²) in [4.78, 5) is 23.2. The van der Waals surface area contributed by atoms with Crippen LogP contribution in [-0.2, 0) is 22.3 Å². The van der Waals surface area contributed by atoms with E-state index in [1.165, 1.54) is 12.0 Å². The average molecular weight is 485 g/mol. The summed E-state index contributed by atoms with van der Waals surface area (Å²) in [6.07, 6.45) is 0.417. The number of alkyl halides is 1. The largest absolute Gasteiger partial charge is 0.453 e. The normalized spacial score (nSPS) is 18.1. The fraction of sp³-hybridized carbons (Fsp3) is 0.500. The van der Waals surface area contributed by atoms with Gasteiger partial charge >= 0.3 is 6.09 Å². The van der Waals surface area contributed by atoms with Crippen molar-refractivity contribution < 1.29 is 18.7 Å². The maximum absolute atomic E-state index is 12.7. The Balaban J connectivity index is 1.93. The number of nitrogens with one attached hydrogen (secondary N) is 1. The van der Waals surface area contributed by atoms with Crippen LogP contribution < -0.4 is 5.32 Å². The molecule has 1 fully saturated rings. The number of benzene rings is 1. The summed E-state index contributed by atoms with van der Waals surface area (Å²) in [6, 6.07) is 5.01. The minimum absolute atomic E-state index is 0.0433. The van der Waals surface area contributed by atoms with E-state index in [-0.39, 0.29) is 12.6 Å². The van der Waals surface area contributed by atoms with Crippen LogP contribution in [-0.4, -0.2) is 66.6 Å². The second kappa shape index (κ2) is 11.1. The molecule has 0 aliphatic carbocycles. The molecule has 1 saturated heterocycles. The molecule has 0 bridgehead atoms. The Morgan fingerprint density at radius 2 is 1.97 bits per heavy atom. The summed E-state index contributed by atoms with van der Waals surface area (Å²) in [5.41, 5.74) is 3.01. The maximum atomic E-state index is 12.7. The van der Waals surface area contributed by atoms with Gasteiger partial charge in [-0.05, 0) is 31.0 Å². The van der Waals surface area contributed by atoms with Gasteiger partial charge in [0, 0.05) is 17.1 Å². The van der Waals surface area contributed by atoms with Gasteiger partial charge in [-0.25, -0.2) is 19.2 Å². The zero-order valence-corrected chi connectivity index (χ0v) is 19.8. The summed E-state index contributed by atoms with van der Waals surface area (Å²) < 4.78 is 23.2. The smallest absolute Gasteiger partial charge is 0.409 e. The number of nitrogens with zero attached hydrogens (tertiary/aromatic N) is 3. The molecule has 10 heteroatoms. The predicted molar refractivity (Wildman–Crippen MR) is 123 cm³/mol. The molecule has 7 nitrogen and oxygen atoms in total. The average Bonchev–Trinajstić information content (AvgIpc) is 3.19. The summed E-state index contributed by atoms with van der Waals surface area (Å²) in [6.45, 7) is 3.99. The van der Waals surface area contributed by atoms with E-state index in [9.17, 15) is 9.18 Å². The first-order valence-electron chi connectivity index (χ1n) is 10.5. The van der Waals surface area contributed by atoms with Crippen molar-refractivity contribution in [3.05, 3.63) is 39.6 Å². The van der Waals surface area contributed by atoms with Crippen LogP contribution in [0.5, 0.6) is 0 Å². The van der Waals surface area contributed by atoms with Crippen molar-refractivity contribution in [2.75, 3.05) is 38.8 Å². The molecule has 174 valence electrons. The van der Waals surface area contributed by atoms with E-state index in [1.54, 1.807) is 12.1 Å². The number of ether oxygens (including phenoxy) is 2. The monoisotopic (exact) mass is 484 g/mol. The molecule has 1 aliphatic rings. The summed E-state index contributed by atoms with van der Waals surface area (Å²) >= 11 is 12.5. The number of anilines is 1. The number of carbonyl (C=O) groups excluding carboxylic acids is 1. The van der Waals surface area contributed by atoms with Crippen LogP contribution in [0.25, 0.3) is 11.3 Å². The van der Waals surface area contributed by atoms with Crippen LogP contribution in [0.3, 0.4) is 0 Å². The topological polar surface area (TPSA) is 76.6 Å². The molecule has 1 amide bonds. The van der Waals surface area contributed by atoms with E-state index in [0.717, 1.165) is 17.0 Å². The molecule has 0 spiro atoms. The third-order valence-electron chi connectivity index (χ3n) is 5.33. The molecule has 0 unspecified atom stereocenters. The van der Waals surface area contributed by atoms with Crippen molar-refractivity contribution in [3.8, 4) is 11.3 Å². The molecule has 32 heavy (non-hydrogen) atoms. The van der Waals surface area contributed by atoms with Crippen LogP contribution >= 0.6 is 23.2 Å². The van der Waals surface area contributed by atoms with Crippen molar-refractivity contribution >= 4 is 35.1 Å². The standard InChI is InChI=1S/C22H27Cl2FN4O3/c1-4-16-20(14-7-6-13(23)10-15(14)24)26-17(5-2)21(27-16)28-18-11-29(22(30)31-3)12-19(18)32-9-8-25/h6-7,10,18-19H,4-5,8-9,11-12H2,1-3H3,(H,27,28)/t18-,19+/m1/s1. The Morgan fingerprint density at radius 1 is 1.22 bits per heavy atom. The van der Waals surface area contributed by atoms with Gasteiger partial charge in [-0.2, -0.15) is 0 Å². The van der Waals surface area contributed by atoms with Crippen molar-refractivity contribution in [3.63, 3.8) is 0 Å². The molecular formula is C22H27Cl2FN4O3. The van der Waals surface area contributed by atoms with Crippen LogP contribution in [0, 0.1) is 0 Å². The number of methoxy groups -OCH3 is 1. The van der Waals surface area contributed by atoms with Crippen LogP contribution in [0.4, 0.5) is 15.0 Å². The van der Waals surface area contributed by atoms with E-state index in [2.05, 4.69) is 5.32 Å². The number of amides is 1. The molecule has 0 radical (unpaired) electrons. The Bertz CT molecular complexity index is 963. The first kappa shape index (κ1) is 24.5. The van der Waals surface area contributed by atoms with Gasteiger partial charge in [0.15, 0.2) is 0 Å². The summed E-state index contributed by atoms with van der Waals surface area (Å²) in [5, 5.41) is 4.44. The SMILES string of the molecule is CCc1nc(-c2ccc(Cl)cc2Cl)c(CC)nc1N[C@@H]1CN(C(=O)OC)C[C@@H]1OCCF. The lowest BCUT2D eigenvalue weighted by Crippen LogP contribution is -2.36. The van der Waals surface area contributed by atoms with Gasteiger partial charge in [0.05, 0.1) is 54.5 Å². The molecule has 2 heterocycles. The number of carbonyl (C=O) groups is 1. The van der Waals surface area contributed by atoms with Crippen molar-refractivity contribution in [1.82, 2.24) is 14.9 Å². The minimum Gasteiger partial charge on any atom is -0.453 e. The molecule has 2 aromatic rings. The highest BCUT2D eigenvalue weighted by Crippen LogP contribution is 2.33. The highest BCUT2D eigenvalue weighted by Gasteiger charge is 2.37. The maximum Gasteiger partial charge on any atom is 0.409 e. The molecule has 1 N–H and O–H groups in total. The van der Waals surface area contributed by atoms with E-state index >= 15 is 0 Å². The van der Waals surface area contributed by atoms with Gasteiger partial charge in [0.2, 0.25) is 0 Å². The quantitative estimate of drug-likeness (QED) is 0.580. The Hall–Kier alpha value is -2.16. The van der Waals surface area contributed by atoms with Crippen molar-refractivity contribution in [2.45, 2.75) is 38.8 Å². The lowest BCUT2D eigenvalue weighted by atomic mass is 10.1. The fourth-order valence-corrected chi connectivity index (χ4v) is 4.24. The number of hydrogen-bond donors (Lipinski definition) is 1. The van der Waals surface area contributed by atoms with E-state index in [1.807, 2.05) is 19.9 Å². The fourth-order valence-electron chi connectivity index (χ4n) is 3.74. The zero-order chi connectivity index (χ0) is 23.3. The van der Waals surface area contributed by atoms with E-state index in [4.69, 9.17) is 42.6 Å². The van der Waals surface area contributed by atoms with Crippen LogP contribution in [0.2, 0.25) is 10.0 Å². The number of aromatic nitrogens is 2. The van der Waals surface area contributed by atoms with Crippen molar-refractivity contribution in [2.24, 2.45) is 0 Å². The molecular weight excluding hydrogens is 458 g/mol.